The molecule has 81 heavy (non-hydrogen) atoms. The second-order valence-corrected chi connectivity index (χ2v) is 29.6. The molecule has 9 aromatic carbocycles. The van der Waals surface area contributed by atoms with Gasteiger partial charge in [0.15, 0.2) is 0 Å². The van der Waals surface area contributed by atoms with Gasteiger partial charge in [-0.25, -0.2) is 0 Å². The lowest BCUT2D eigenvalue weighted by Gasteiger charge is -2.45. The van der Waals surface area contributed by atoms with E-state index in [1.165, 1.54) is 121 Å². The van der Waals surface area contributed by atoms with E-state index in [2.05, 4.69) is 308 Å². The van der Waals surface area contributed by atoms with Crippen LogP contribution in [0.3, 0.4) is 0 Å². The molecule has 2 aliphatic rings. The first-order valence-corrected chi connectivity index (χ1v) is 30.2. The average Bonchev–Trinajstić information content (AvgIpc) is 3.82. The number of hydrogen-bond acceptors (Lipinski definition) is 4. The SMILES string of the molecule is Cc1cc(C)cc(-c2cc3c4c(c2)N(c2ccc(N(c5ccc(C(C)(C)C)cc5)c5ccc(C(C)(C)C)cc5)c5sc6ccccc6c25)c2ccc(C(C)(C)C)cc2B4c2cc(C(C)(C)C)ccc2N3c2ccc(C(C)(C)C)cc2)c1. The molecule has 0 amide bonds. The minimum absolute atomic E-state index is 0.0135. The van der Waals surface area contributed by atoms with Gasteiger partial charge in [-0.05, 0) is 175 Å². The molecule has 0 atom stereocenters. The van der Waals surface area contributed by atoms with Crippen molar-refractivity contribution in [2.75, 3.05) is 14.7 Å². The third kappa shape index (κ3) is 9.58. The summed E-state index contributed by atoms with van der Waals surface area (Å²) in [5.74, 6) is 0. The molecule has 0 N–H and O–H groups in total. The Bertz CT molecular complexity index is 4010. The van der Waals surface area contributed by atoms with Crippen LogP contribution in [0.25, 0.3) is 31.3 Å². The standard InChI is InChI=1S/C76H80BN3S/c1-47-40-48(2)42-49(41-47)50-43-66-70-67(44-50)80(63-37-29-55(76(15,16)17)46-61(63)77(70)60-45-54(75(12,13)14)28-36-62(60)79(66)58-34-26-53(27-35-58)74(9,10)11)64-38-39-65(71-69(64)59-20-18-19-21-68(59)81-71)78(56-30-22-51(23-31-56)72(3,4)5)57-32-24-52(25-33-57)73(6,7)8/h18-46H,1-17H3. The minimum Gasteiger partial charge on any atom is -0.311 e. The summed E-state index contributed by atoms with van der Waals surface area (Å²) >= 11 is 1.91. The lowest BCUT2D eigenvalue weighted by molar-refractivity contribution is 0.590. The number of nitrogens with zero attached hydrogens (tertiary/aromatic N) is 3. The van der Waals surface area contributed by atoms with E-state index < -0.39 is 0 Å². The van der Waals surface area contributed by atoms with Crippen LogP contribution >= 0.6 is 11.3 Å². The van der Waals surface area contributed by atoms with Gasteiger partial charge < -0.3 is 14.7 Å². The van der Waals surface area contributed by atoms with Gasteiger partial charge in [-0.1, -0.05) is 212 Å². The van der Waals surface area contributed by atoms with Gasteiger partial charge in [0.1, 0.15) is 0 Å². The van der Waals surface area contributed by atoms with Crippen molar-refractivity contribution in [3.8, 4) is 11.1 Å². The Morgan fingerprint density at radius 1 is 0.383 bits per heavy atom. The molecular weight excluding hydrogens is 998 g/mol. The van der Waals surface area contributed by atoms with Gasteiger partial charge in [-0.15, -0.1) is 11.3 Å². The molecule has 3 nitrogen and oxygen atoms in total. The first-order valence-electron chi connectivity index (χ1n) is 29.4. The highest BCUT2D eigenvalue weighted by Gasteiger charge is 2.45. The summed E-state index contributed by atoms with van der Waals surface area (Å²) in [5, 5.41) is 2.52. The number of aryl methyl sites for hydroxylation is 2. The maximum atomic E-state index is 2.68. The zero-order valence-electron chi connectivity index (χ0n) is 51.1. The van der Waals surface area contributed by atoms with Crippen molar-refractivity contribution in [3.63, 3.8) is 0 Å². The molecule has 0 spiro atoms. The number of rotatable bonds is 6. The van der Waals surface area contributed by atoms with E-state index in [0.717, 1.165) is 17.1 Å². The van der Waals surface area contributed by atoms with Crippen molar-refractivity contribution < 1.29 is 0 Å². The highest BCUT2D eigenvalue weighted by molar-refractivity contribution is 7.26. The van der Waals surface area contributed by atoms with Crippen molar-refractivity contribution in [2.24, 2.45) is 0 Å². The molecule has 2 aliphatic heterocycles. The fourth-order valence-electron chi connectivity index (χ4n) is 12.7. The van der Waals surface area contributed by atoms with Gasteiger partial charge in [0, 0.05) is 55.3 Å². The fourth-order valence-corrected chi connectivity index (χ4v) is 13.9. The number of fused-ring (bicyclic) bond motifs is 7. The van der Waals surface area contributed by atoms with E-state index >= 15 is 0 Å². The van der Waals surface area contributed by atoms with Gasteiger partial charge in [0.25, 0.3) is 6.71 Å². The molecule has 1 aromatic heterocycles. The largest absolute Gasteiger partial charge is 0.311 e. The average molecular weight is 1080 g/mol. The highest BCUT2D eigenvalue weighted by atomic mass is 32.1. The highest BCUT2D eigenvalue weighted by Crippen LogP contribution is 2.54. The molecule has 5 heteroatoms. The van der Waals surface area contributed by atoms with E-state index in [1.54, 1.807) is 0 Å². The normalized spacial score (nSPS) is 13.7. The van der Waals surface area contributed by atoms with Crippen molar-refractivity contribution >= 4 is 106 Å². The Balaban J connectivity index is 1.20. The Hall–Kier alpha value is -7.34. The molecule has 0 radical (unpaired) electrons. The number of anilines is 9. The molecule has 0 aliphatic carbocycles. The first kappa shape index (κ1) is 54.3. The molecule has 12 rings (SSSR count). The van der Waals surface area contributed by atoms with Crippen LogP contribution in [0.15, 0.2) is 176 Å². The second-order valence-electron chi connectivity index (χ2n) is 28.6. The van der Waals surface area contributed by atoms with E-state index in [9.17, 15) is 0 Å². The third-order valence-corrected chi connectivity index (χ3v) is 18.5. The maximum absolute atomic E-state index is 2.68. The van der Waals surface area contributed by atoms with E-state index in [4.69, 9.17) is 0 Å². The smallest absolute Gasteiger partial charge is 0.252 e. The van der Waals surface area contributed by atoms with E-state index in [-0.39, 0.29) is 33.8 Å². The Morgan fingerprint density at radius 3 is 1.30 bits per heavy atom. The quantitative estimate of drug-likeness (QED) is 0.154. The molecule has 0 saturated carbocycles. The molecular formula is C76H80BN3S. The van der Waals surface area contributed by atoms with Crippen LogP contribution in [0.2, 0.25) is 0 Å². The predicted octanol–water partition coefficient (Wildman–Crippen LogP) is 20.4. The van der Waals surface area contributed by atoms with Gasteiger partial charge >= 0.3 is 0 Å². The Labute approximate surface area is 488 Å². The summed E-state index contributed by atoms with van der Waals surface area (Å²) in [6.07, 6.45) is 0. The summed E-state index contributed by atoms with van der Waals surface area (Å²) in [4.78, 5) is 7.78. The molecule has 408 valence electrons. The van der Waals surface area contributed by atoms with Gasteiger partial charge in [-0.3, -0.25) is 0 Å². The summed E-state index contributed by atoms with van der Waals surface area (Å²) in [6, 6.07) is 68.9. The van der Waals surface area contributed by atoms with Gasteiger partial charge in [0.05, 0.1) is 16.1 Å². The molecule has 0 fully saturated rings. The van der Waals surface area contributed by atoms with Gasteiger partial charge in [-0.2, -0.15) is 0 Å². The first-order chi connectivity index (χ1) is 38.1. The van der Waals surface area contributed by atoms with E-state index in [1.807, 2.05) is 11.3 Å². The third-order valence-electron chi connectivity index (χ3n) is 17.3. The lowest BCUT2D eigenvalue weighted by atomic mass is 9.33. The molecule has 10 aromatic rings. The summed E-state index contributed by atoms with van der Waals surface area (Å²) in [6.45, 7) is 39.3. The number of benzene rings is 9. The van der Waals surface area contributed by atoms with Crippen molar-refractivity contribution in [2.45, 2.75) is 145 Å². The zero-order valence-corrected chi connectivity index (χ0v) is 51.9. The van der Waals surface area contributed by atoms with Gasteiger partial charge in [0.2, 0.25) is 0 Å². The van der Waals surface area contributed by atoms with Crippen molar-refractivity contribution in [1.82, 2.24) is 0 Å². The molecule has 0 unspecified atom stereocenters. The summed E-state index contributed by atoms with van der Waals surface area (Å²) in [7, 11) is 0. The Kier molecular flexibility index (Phi) is 12.8. The summed E-state index contributed by atoms with van der Waals surface area (Å²) < 4.78 is 2.52. The molecule has 0 bridgehead atoms. The van der Waals surface area contributed by atoms with Crippen LogP contribution in [0, 0.1) is 13.8 Å². The van der Waals surface area contributed by atoms with Crippen LogP contribution in [-0.4, -0.2) is 6.71 Å². The topological polar surface area (TPSA) is 9.72 Å². The predicted molar refractivity (Wildman–Crippen MR) is 356 cm³/mol. The lowest BCUT2D eigenvalue weighted by Crippen LogP contribution is -2.61. The van der Waals surface area contributed by atoms with E-state index in [0.29, 0.717) is 0 Å². The minimum atomic E-state index is -0.0838. The molecule has 0 saturated heterocycles. The monoisotopic (exact) mass is 1080 g/mol. The van der Waals surface area contributed by atoms with Crippen LogP contribution in [0.5, 0.6) is 0 Å². The van der Waals surface area contributed by atoms with Crippen LogP contribution in [-0.2, 0) is 27.1 Å². The summed E-state index contributed by atoms with van der Waals surface area (Å²) in [5.41, 5.74) is 26.1. The fraction of sp³-hybridized carbons (Fsp3) is 0.289. The maximum Gasteiger partial charge on any atom is 0.252 e. The molecule has 3 heterocycles. The van der Waals surface area contributed by atoms with Crippen molar-refractivity contribution in [1.29, 1.82) is 0 Å². The van der Waals surface area contributed by atoms with Crippen molar-refractivity contribution in [3.05, 3.63) is 215 Å². The van der Waals surface area contributed by atoms with Crippen LogP contribution in [0.1, 0.15) is 143 Å². The van der Waals surface area contributed by atoms with Crippen LogP contribution < -0.4 is 31.1 Å². The number of thiophene rings is 1. The number of hydrogen-bond donors (Lipinski definition) is 0. The second kappa shape index (κ2) is 19.1. The Morgan fingerprint density at radius 2 is 0.802 bits per heavy atom. The zero-order chi connectivity index (χ0) is 57.5. The van der Waals surface area contributed by atoms with Crippen LogP contribution in [0.4, 0.5) is 51.2 Å².